The highest BCUT2D eigenvalue weighted by Crippen LogP contribution is 2.36. The lowest BCUT2D eigenvalue weighted by Gasteiger charge is -2.50. The predicted molar refractivity (Wildman–Crippen MR) is 83.2 cm³/mol. The maximum Gasteiger partial charge on any atom is 0.124 e. The highest BCUT2D eigenvalue weighted by molar-refractivity contribution is 9.10. The molecule has 1 aliphatic heterocycles. The summed E-state index contributed by atoms with van der Waals surface area (Å²) < 4.78 is 14.1. The summed E-state index contributed by atoms with van der Waals surface area (Å²) in [6.45, 7) is 4.17. The van der Waals surface area contributed by atoms with Gasteiger partial charge in [-0.3, -0.25) is 4.90 Å². The normalized spacial score (nSPS) is 23.1. The van der Waals surface area contributed by atoms with E-state index in [4.69, 9.17) is 0 Å². The Kier molecular flexibility index (Phi) is 4.43. The van der Waals surface area contributed by atoms with E-state index in [0.717, 1.165) is 30.7 Å². The fourth-order valence-electron chi connectivity index (χ4n) is 3.69. The van der Waals surface area contributed by atoms with Crippen LogP contribution in [-0.4, -0.2) is 30.1 Å². The maximum absolute atomic E-state index is 13.2. The van der Waals surface area contributed by atoms with Crippen LogP contribution < -0.4 is 5.32 Å². The summed E-state index contributed by atoms with van der Waals surface area (Å²) in [6, 6.07) is 5.05. The van der Waals surface area contributed by atoms with E-state index in [1.54, 1.807) is 12.1 Å². The van der Waals surface area contributed by atoms with Crippen LogP contribution in [0, 0.1) is 5.82 Å². The zero-order valence-corrected chi connectivity index (χ0v) is 13.4. The summed E-state index contributed by atoms with van der Waals surface area (Å²) in [7, 11) is 0. The Bertz CT molecular complexity index is 463. The Balaban J connectivity index is 1.79. The lowest BCUT2D eigenvalue weighted by molar-refractivity contribution is 0.0207. The number of halogens is 2. The second-order valence-corrected chi connectivity index (χ2v) is 6.97. The molecule has 0 amide bonds. The minimum absolute atomic E-state index is 0.173. The van der Waals surface area contributed by atoms with Crippen LogP contribution >= 0.6 is 15.9 Å². The van der Waals surface area contributed by atoms with Crippen LogP contribution in [0.2, 0.25) is 0 Å². The second kappa shape index (κ2) is 6.12. The van der Waals surface area contributed by atoms with Crippen molar-refractivity contribution in [1.29, 1.82) is 0 Å². The van der Waals surface area contributed by atoms with Gasteiger partial charge >= 0.3 is 0 Å². The summed E-state index contributed by atoms with van der Waals surface area (Å²) >= 11 is 3.50. The summed E-state index contributed by atoms with van der Waals surface area (Å²) in [5, 5.41) is 3.57. The molecule has 0 unspecified atom stereocenters. The van der Waals surface area contributed by atoms with Crippen LogP contribution in [0.15, 0.2) is 22.7 Å². The third-order valence-corrected chi connectivity index (χ3v) is 5.58. The molecule has 2 fully saturated rings. The van der Waals surface area contributed by atoms with Gasteiger partial charge in [0, 0.05) is 36.2 Å². The van der Waals surface area contributed by atoms with E-state index in [9.17, 15) is 4.39 Å². The van der Waals surface area contributed by atoms with Gasteiger partial charge in [-0.2, -0.15) is 0 Å². The molecule has 3 rings (SSSR count). The third-order valence-electron chi connectivity index (χ3n) is 4.84. The average Bonchev–Trinajstić information content (AvgIpc) is 2.45. The minimum Gasteiger partial charge on any atom is -0.314 e. The molecule has 2 nitrogen and oxygen atoms in total. The summed E-state index contributed by atoms with van der Waals surface area (Å²) in [5.41, 5.74) is 1.52. The molecule has 110 valence electrons. The fourth-order valence-corrected chi connectivity index (χ4v) is 4.17. The molecule has 1 heterocycles. The van der Waals surface area contributed by atoms with E-state index >= 15 is 0 Å². The zero-order valence-electron chi connectivity index (χ0n) is 11.8. The molecule has 1 aliphatic carbocycles. The molecule has 1 saturated carbocycles. The molecule has 0 bridgehead atoms. The quantitative estimate of drug-likeness (QED) is 0.883. The largest absolute Gasteiger partial charge is 0.314 e. The van der Waals surface area contributed by atoms with Crippen LogP contribution in [-0.2, 0) is 6.54 Å². The van der Waals surface area contributed by atoms with Gasteiger partial charge in [-0.25, -0.2) is 4.39 Å². The number of rotatable bonds is 2. The Hall–Kier alpha value is -0.450. The highest BCUT2D eigenvalue weighted by Gasteiger charge is 2.39. The molecule has 1 aromatic carbocycles. The van der Waals surface area contributed by atoms with Crippen molar-refractivity contribution in [2.45, 2.75) is 44.2 Å². The second-order valence-electron chi connectivity index (χ2n) is 6.12. The van der Waals surface area contributed by atoms with Crippen LogP contribution in [0.25, 0.3) is 0 Å². The summed E-state index contributed by atoms with van der Waals surface area (Å²) in [5.74, 6) is -0.173. The van der Waals surface area contributed by atoms with Gasteiger partial charge in [0.2, 0.25) is 0 Å². The highest BCUT2D eigenvalue weighted by atomic mass is 79.9. The minimum atomic E-state index is -0.173. The van der Waals surface area contributed by atoms with E-state index in [2.05, 4.69) is 26.1 Å². The maximum atomic E-state index is 13.2. The van der Waals surface area contributed by atoms with Crippen molar-refractivity contribution >= 4 is 15.9 Å². The summed E-state index contributed by atoms with van der Waals surface area (Å²) in [4.78, 5) is 2.63. The number of hydrogen-bond acceptors (Lipinski definition) is 2. The standard InChI is InChI=1S/C16H22BrFN2/c17-15-10-14(18)5-4-13(15)11-20-9-8-19-12-16(20)6-2-1-3-7-16/h4-5,10,19H,1-3,6-9,11-12H2. The number of nitrogens with one attached hydrogen (secondary N) is 1. The molecule has 0 aromatic heterocycles. The van der Waals surface area contributed by atoms with E-state index < -0.39 is 0 Å². The van der Waals surface area contributed by atoms with Crippen molar-refractivity contribution in [3.8, 4) is 0 Å². The Morgan fingerprint density at radius 3 is 2.80 bits per heavy atom. The first-order chi connectivity index (χ1) is 9.70. The van der Waals surface area contributed by atoms with Gasteiger partial charge in [0.25, 0.3) is 0 Å². The topological polar surface area (TPSA) is 15.3 Å². The van der Waals surface area contributed by atoms with Crippen LogP contribution in [0.5, 0.6) is 0 Å². The Morgan fingerprint density at radius 1 is 1.25 bits per heavy atom. The SMILES string of the molecule is Fc1ccc(CN2CCNCC23CCCCC3)c(Br)c1. The smallest absolute Gasteiger partial charge is 0.124 e. The molecule has 1 aromatic rings. The lowest BCUT2D eigenvalue weighted by Crippen LogP contribution is -2.61. The van der Waals surface area contributed by atoms with Gasteiger partial charge in [0.1, 0.15) is 5.82 Å². The first-order valence-electron chi connectivity index (χ1n) is 7.59. The number of nitrogens with zero attached hydrogens (tertiary/aromatic N) is 1. The van der Waals surface area contributed by atoms with Crippen molar-refractivity contribution < 1.29 is 4.39 Å². The molecule has 1 N–H and O–H groups in total. The van der Waals surface area contributed by atoms with E-state index in [1.165, 1.54) is 37.7 Å². The van der Waals surface area contributed by atoms with Crippen molar-refractivity contribution in [1.82, 2.24) is 10.2 Å². The average molecular weight is 341 g/mol. The molecule has 20 heavy (non-hydrogen) atoms. The fraction of sp³-hybridized carbons (Fsp3) is 0.625. The van der Waals surface area contributed by atoms with Gasteiger partial charge in [-0.1, -0.05) is 41.3 Å². The van der Waals surface area contributed by atoms with Crippen LogP contribution in [0.3, 0.4) is 0 Å². The van der Waals surface area contributed by atoms with Crippen LogP contribution in [0.4, 0.5) is 4.39 Å². The molecule has 0 atom stereocenters. The number of piperazine rings is 1. The number of hydrogen-bond donors (Lipinski definition) is 1. The van der Waals surface area contributed by atoms with Gasteiger partial charge in [-0.15, -0.1) is 0 Å². The van der Waals surface area contributed by atoms with Gasteiger partial charge in [-0.05, 0) is 30.5 Å². The monoisotopic (exact) mass is 340 g/mol. The van der Waals surface area contributed by atoms with E-state index in [-0.39, 0.29) is 5.82 Å². The lowest BCUT2D eigenvalue weighted by atomic mass is 9.79. The first-order valence-corrected chi connectivity index (χ1v) is 8.39. The Morgan fingerprint density at radius 2 is 2.05 bits per heavy atom. The van der Waals surface area contributed by atoms with E-state index in [1.807, 2.05) is 6.07 Å². The zero-order chi connectivity index (χ0) is 14.0. The summed E-state index contributed by atoms with van der Waals surface area (Å²) in [6.07, 6.45) is 6.62. The van der Waals surface area contributed by atoms with Crippen molar-refractivity contribution in [2.75, 3.05) is 19.6 Å². The van der Waals surface area contributed by atoms with Crippen molar-refractivity contribution in [2.24, 2.45) is 0 Å². The van der Waals surface area contributed by atoms with Gasteiger partial charge < -0.3 is 5.32 Å². The van der Waals surface area contributed by atoms with Gasteiger partial charge in [0.15, 0.2) is 0 Å². The molecule has 1 saturated heterocycles. The first kappa shape index (κ1) is 14.5. The molecule has 0 radical (unpaired) electrons. The molecule has 1 spiro atoms. The van der Waals surface area contributed by atoms with Gasteiger partial charge in [0.05, 0.1) is 0 Å². The molecule has 2 aliphatic rings. The van der Waals surface area contributed by atoms with Crippen molar-refractivity contribution in [3.63, 3.8) is 0 Å². The van der Waals surface area contributed by atoms with E-state index in [0.29, 0.717) is 5.54 Å². The molecular weight excluding hydrogens is 319 g/mol. The Labute approximate surface area is 128 Å². The molecule has 4 heteroatoms. The molecular formula is C16H22BrFN2. The van der Waals surface area contributed by atoms with Crippen molar-refractivity contribution in [3.05, 3.63) is 34.1 Å². The third kappa shape index (κ3) is 2.92. The predicted octanol–water partition coefficient (Wildman–Crippen LogP) is 3.70. The van der Waals surface area contributed by atoms with Crippen LogP contribution in [0.1, 0.15) is 37.7 Å². The number of benzene rings is 1.